The van der Waals surface area contributed by atoms with Crippen LogP contribution >= 0.6 is 0 Å². The van der Waals surface area contributed by atoms with Crippen molar-refractivity contribution in [3.05, 3.63) is 95.8 Å². The van der Waals surface area contributed by atoms with Crippen molar-refractivity contribution < 1.29 is 13.2 Å². The second-order valence-corrected chi connectivity index (χ2v) is 15.4. The van der Waals surface area contributed by atoms with Crippen molar-refractivity contribution in [2.75, 3.05) is 19.6 Å². The highest BCUT2D eigenvalue weighted by Crippen LogP contribution is 2.66. The summed E-state index contributed by atoms with van der Waals surface area (Å²) in [7, 11) is -3.79. The number of imidazole rings is 1. The average Bonchev–Trinajstić information content (AvgIpc) is 3.64. The molecule has 1 amide bonds. The van der Waals surface area contributed by atoms with Crippen LogP contribution in [0.5, 0.6) is 0 Å². The molecule has 0 radical (unpaired) electrons. The average molecular weight is 654 g/mol. The molecule has 3 aromatic carbocycles. The standard InChI is InChI=1S/C36H41N5O3S.C2H6/c1-25-38-31-9-5-6-10-32(31)41(25)29-23-28-15-16-36(28)33(24-29)40(36)22-19-35(27-7-3-2-4-8-27)17-20-39(21-18-35)34(42)26-11-13-30(14-12-26)45(37,43)44;1-2/h2-14,28-29,33H,15-24H2,1H3,(H2,37,43,44);1-2H3/t28?,29-,33?,36?,40?;/m1./s1. The number of amides is 1. The molecule has 2 saturated heterocycles. The van der Waals surface area contributed by atoms with Gasteiger partial charge in [0.1, 0.15) is 5.82 Å². The summed E-state index contributed by atoms with van der Waals surface area (Å²) in [5, 5.41) is 5.25. The molecule has 9 heteroatoms. The van der Waals surface area contributed by atoms with Crippen LogP contribution in [-0.2, 0) is 15.4 Å². The van der Waals surface area contributed by atoms with Gasteiger partial charge in [-0.3, -0.25) is 9.69 Å². The molecule has 4 aromatic rings. The summed E-state index contributed by atoms with van der Waals surface area (Å²) in [6.07, 6.45) is 8.00. The highest BCUT2D eigenvalue weighted by molar-refractivity contribution is 7.89. The molecule has 2 aliphatic heterocycles. The van der Waals surface area contributed by atoms with Crippen LogP contribution in [0.25, 0.3) is 11.0 Å². The lowest BCUT2D eigenvalue weighted by molar-refractivity contribution is 0.0647. The number of nitrogens with two attached hydrogens (primary N) is 1. The molecule has 4 fully saturated rings. The number of fused-ring (bicyclic) bond motifs is 1. The van der Waals surface area contributed by atoms with Crippen LogP contribution in [0.2, 0.25) is 0 Å². The van der Waals surface area contributed by atoms with Crippen molar-refractivity contribution in [3.8, 4) is 0 Å². The van der Waals surface area contributed by atoms with E-state index in [0.29, 0.717) is 36.3 Å². The van der Waals surface area contributed by atoms with Gasteiger partial charge in [0.05, 0.1) is 15.9 Å². The largest absolute Gasteiger partial charge is 0.339 e. The first-order valence-corrected chi connectivity index (χ1v) is 18.9. The highest BCUT2D eigenvalue weighted by Gasteiger charge is 2.72. The Morgan fingerprint density at radius 1 is 0.915 bits per heavy atom. The van der Waals surface area contributed by atoms with Gasteiger partial charge in [-0.15, -0.1) is 0 Å². The van der Waals surface area contributed by atoms with E-state index in [4.69, 9.17) is 10.1 Å². The number of sulfonamides is 1. The minimum Gasteiger partial charge on any atom is -0.339 e. The summed E-state index contributed by atoms with van der Waals surface area (Å²) < 4.78 is 25.9. The predicted octanol–water partition coefficient (Wildman–Crippen LogP) is 6.45. The normalized spacial score (nSPS) is 27.5. The molecule has 2 saturated carbocycles. The van der Waals surface area contributed by atoms with E-state index in [2.05, 4.69) is 71.0 Å². The Labute approximate surface area is 279 Å². The number of hydrogen-bond acceptors (Lipinski definition) is 5. The number of carbonyl (C=O) groups is 1. The van der Waals surface area contributed by atoms with Crippen molar-refractivity contribution in [1.29, 1.82) is 0 Å². The van der Waals surface area contributed by atoms with Crippen LogP contribution in [-0.4, -0.2) is 64.9 Å². The smallest absolute Gasteiger partial charge is 0.253 e. The molecule has 8 nitrogen and oxygen atoms in total. The number of aromatic nitrogens is 2. The van der Waals surface area contributed by atoms with Crippen molar-refractivity contribution in [3.63, 3.8) is 0 Å². The number of likely N-dealkylation sites (tertiary alicyclic amines) is 2. The minimum absolute atomic E-state index is 0.0180. The van der Waals surface area contributed by atoms with Crippen LogP contribution in [0.3, 0.4) is 0 Å². The molecule has 4 aliphatic rings. The fourth-order valence-electron chi connectivity index (χ4n) is 9.39. The molecule has 2 aliphatic carbocycles. The summed E-state index contributed by atoms with van der Waals surface area (Å²) >= 11 is 0. The predicted molar refractivity (Wildman–Crippen MR) is 186 cm³/mol. The maximum Gasteiger partial charge on any atom is 0.253 e. The van der Waals surface area contributed by atoms with E-state index in [9.17, 15) is 13.2 Å². The molecule has 1 aromatic heterocycles. The second kappa shape index (κ2) is 12.2. The Balaban J connectivity index is 0.00000172. The van der Waals surface area contributed by atoms with Crippen LogP contribution in [0.15, 0.2) is 83.8 Å². The van der Waals surface area contributed by atoms with Crippen molar-refractivity contribution in [1.82, 2.24) is 19.4 Å². The van der Waals surface area contributed by atoms with Crippen LogP contribution in [0, 0.1) is 12.8 Å². The first kappa shape index (κ1) is 32.0. The Hall–Kier alpha value is -3.53. The van der Waals surface area contributed by atoms with E-state index < -0.39 is 10.0 Å². The zero-order chi connectivity index (χ0) is 33.0. The SMILES string of the molecule is CC.Cc1nc2ccccc2n1[C@@H]1CC2CCC23C(C1)N3CCC1(c2ccccc2)CCN(C(=O)c2ccc(S(N)(=O)=O)cc2)CC1. The van der Waals surface area contributed by atoms with Gasteiger partial charge in [0.2, 0.25) is 10.0 Å². The number of piperidine rings is 1. The second-order valence-electron chi connectivity index (χ2n) is 13.8. The van der Waals surface area contributed by atoms with E-state index in [0.717, 1.165) is 43.1 Å². The van der Waals surface area contributed by atoms with E-state index in [-0.39, 0.29) is 16.2 Å². The van der Waals surface area contributed by atoms with Gasteiger partial charge in [0, 0.05) is 36.3 Å². The van der Waals surface area contributed by atoms with E-state index in [1.54, 1.807) is 12.1 Å². The molecule has 3 heterocycles. The number of carbonyl (C=O) groups excluding carboxylic acids is 1. The number of para-hydroxylation sites is 2. The molecular formula is C38H47N5O3S. The first-order chi connectivity index (χ1) is 22.7. The molecular weight excluding hydrogens is 607 g/mol. The molecule has 5 atom stereocenters. The first-order valence-electron chi connectivity index (χ1n) is 17.4. The maximum absolute atomic E-state index is 13.4. The van der Waals surface area contributed by atoms with E-state index in [1.807, 2.05) is 18.7 Å². The van der Waals surface area contributed by atoms with Crippen LogP contribution in [0.1, 0.15) is 86.6 Å². The number of benzene rings is 3. The number of primary sulfonamides is 1. The third-order valence-electron chi connectivity index (χ3n) is 11.9. The van der Waals surface area contributed by atoms with Gasteiger partial charge < -0.3 is 9.47 Å². The zero-order valence-corrected chi connectivity index (χ0v) is 28.6. The monoisotopic (exact) mass is 653 g/mol. The number of nitrogens with zero attached hydrogens (tertiary/aromatic N) is 4. The Kier molecular flexibility index (Phi) is 8.30. The molecule has 1 spiro atoms. The Morgan fingerprint density at radius 3 is 2.26 bits per heavy atom. The fraction of sp³-hybridized carbons (Fsp3) is 0.474. The maximum atomic E-state index is 13.4. The molecule has 47 heavy (non-hydrogen) atoms. The molecule has 2 N–H and O–H groups in total. The minimum atomic E-state index is -3.79. The Morgan fingerprint density at radius 2 is 1.60 bits per heavy atom. The van der Waals surface area contributed by atoms with Gasteiger partial charge in [-0.2, -0.15) is 0 Å². The zero-order valence-electron chi connectivity index (χ0n) is 27.8. The van der Waals surface area contributed by atoms with Crippen LogP contribution in [0.4, 0.5) is 0 Å². The van der Waals surface area contributed by atoms with Gasteiger partial charge >= 0.3 is 0 Å². The van der Waals surface area contributed by atoms with E-state index in [1.165, 1.54) is 48.9 Å². The highest BCUT2D eigenvalue weighted by atomic mass is 32.2. The fourth-order valence-corrected chi connectivity index (χ4v) is 9.91. The summed E-state index contributed by atoms with van der Waals surface area (Å²) in [4.78, 5) is 23.1. The number of hydrogen-bond donors (Lipinski definition) is 1. The third kappa shape index (κ3) is 5.40. The molecule has 0 bridgehead atoms. The van der Waals surface area contributed by atoms with Crippen molar-refractivity contribution in [2.45, 2.75) is 93.7 Å². The van der Waals surface area contributed by atoms with Crippen molar-refractivity contribution >= 4 is 27.0 Å². The van der Waals surface area contributed by atoms with Gasteiger partial charge in [-0.05, 0) is 112 Å². The number of rotatable bonds is 7. The lowest BCUT2D eigenvalue weighted by Crippen LogP contribution is -2.47. The lowest BCUT2D eigenvalue weighted by atomic mass is 9.63. The quantitative estimate of drug-likeness (QED) is 0.231. The third-order valence-corrected chi connectivity index (χ3v) is 12.8. The summed E-state index contributed by atoms with van der Waals surface area (Å²) in [5.74, 6) is 1.83. The van der Waals surface area contributed by atoms with Gasteiger partial charge in [-0.25, -0.2) is 18.5 Å². The van der Waals surface area contributed by atoms with Gasteiger partial charge in [0.25, 0.3) is 5.91 Å². The van der Waals surface area contributed by atoms with Crippen LogP contribution < -0.4 is 5.14 Å². The summed E-state index contributed by atoms with van der Waals surface area (Å²) in [5.41, 5.74) is 4.66. The summed E-state index contributed by atoms with van der Waals surface area (Å²) in [6, 6.07) is 26.6. The molecule has 248 valence electrons. The Bertz CT molecular complexity index is 1860. The lowest BCUT2D eigenvalue weighted by Gasteiger charge is -2.45. The molecule has 4 unspecified atom stereocenters. The number of aryl methyl sites for hydroxylation is 1. The van der Waals surface area contributed by atoms with Gasteiger partial charge in [0.15, 0.2) is 0 Å². The van der Waals surface area contributed by atoms with E-state index >= 15 is 0 Å². The topological polar surface area (TPSA) is 101 Å². The van der Waals surface area contributed by atoms with Gasteiger partial charge in [-0.1, -0.05) is 56.3 Å². The summed E-state index contributed by atoms with van der Waals surface area (Å²) in [6.45, 7) is 8.61. The molecule has 8 rings (SSSR count). The van der Waals surface area contributed by atoms with Crippen molar-refractivity contribution in [2.24, 2.45) is 11.1 Å².